The van der Waals surface area contributed by atoms with Crippen LogP contribution < -0.4 is 5.32 Å². The molecule has 1 aliphatic heterocycles. The molecule has 0 radical (unpaired) electrons. The molecule has 1 aromatic carbocycles. The van der Waals surface area contributed by atoms with Crippen molar-refractivity contribution in [1.82, 2.24) is 5.32 Å². The Kier molecular flexibility index (Phi) is 3.95. The van der Waals surface area contributed by atoms with E-state index < -0.39 is 0 Å². The standard InChI is InChI=1S/C16H19NOS/c1-12-14(9-11-19-12)17-16(15-8-5-10-18-15)13-6-3-2-4-7-13/h2-8,10,12,14,16-17H,9,11H2,1H3. The molecule has 3 unspecified atom stereocenters. The van der Waals surface area contributed by atoms with E-state index in [9.17, 15) is 0 Å². The molecule has 2 nitrogen and oxygen atoms in total. The highest BCUT2D eigenvalue weighted by molar-refractivity contribution is 8.00. The van der Waals surface area contributed by atoms with Crippen molar-refractivity contribution < 1.29 is 4.42 Å². The van der Waals surface area contributed by atoms with Crippen LogP contribution in [0.5, 0.6) is 0 Å². The van der Waals surface area contributed by atoms with E-state index in [1.165, 1.54) is 17.7 Å². The second-order valence-corrected chi connectivity index (χ2v) is 6.48. The van der Waals surface area contributed by atoms with Crippen molar-refractivity contribution >= 4 is 11.8 Å². The summed E-state index contributed by atoms with van der Waals surface area (Å²) in [4.78, 5) is 0. The van der Waals surface area contributed by atoms with Gasteiger partial charge < -0.3 is 4.42 Å². The fourth-order valence-corrected chi connectivity index (χ4v) is 3.82. The van der Waals surface area contributed by atoms with Gasteiger partial charge in [0.15, 0.2) is 0 Å². The Morgan fingerprint density at radius 3 is 2.68 bits per heavy atom. The van der Waals surface area contributed by atoms with Crippen LogP contribution in [0.3, 0.4) is 0 Å². The van der Waals surface area contributed by atoms with Crippen LogP contribution in [-0.2, 0) is 0 Å². The van der Waals surface area contributed by atoms with Gasteiger partial charge in [-0.05, 0) is 29.9 Å². The summed E-state index contributed by atoms with van der Waals surface area (Å²) in [6.07, 6.45) is 2.98. The zero-order chi connectivity index (χ0) is 13.1. The Morgan fingerprint density at radius 2 is 2.05 bits per heavy atom. The lowest BCUT2D eigenvalue weighted by molar-refractivity contribution is 0.402. The van der Waals surface area contributed by atoms with Gasteiger partial charge in [-0.25, -0.2) is 0 Å². The van der Waals surface area contributed by atoms with Gasteiger partial charge in [-0.3, -0.25) is 5.32 Å². The van der Waals surface area contributed by atoms with Gasteiger partial charge in [-0.15, -0.1) is 0 Å². The van der Waals surface area contributed by atoms with Crippen molar-refractivity contribution in [2.45, 2.75) is 30.7 Å². The molecule has 1 aliphatic rings. The van der Waals surface area contributed by atoms with E-state index in [1.807, 2.05) is 17.8 Å². The zero-order valence-corrected chi connectivity index (χ0v) is 11.9. The van der Waals surface area contributed by atoms with Crippen LogP contribution in [0.4, 0.5) is 0 Å². The second-order valence-electron chi connectivity index (χ2n) is 5.00. The fourth-order valence-electron chi connectivity index (χ4n) is 2.61. The first-order valence-electron chi connectivity index (χ1n) is 6.80. The minimum Gasteiger partial charge on any atom is -0.467 e. The Morgan fingerprint density at radius 1 is 1.21 bits per heavy atom. The van der Waals surface area contributed by atoms with Crippen LogP contribution in [0.2, 0.25) is 0 Å². The number of nitrogens with one attached hydrogen (secondary N) is 1. The topological polar surface area (TPSA) is 25.2 Å². The molecule has 3 rings (SSSR count). The van der Waals surface area contributed by atoms with Gasteiger partial charge in [0.05, 0.1) is 12.3 Å². The van der Waals surface area contributed by atoms with Gasteiger partial charge in [0.1, 0.15) is 5.76 Å². The van der Waals surface area contributed by atoms with Gasteiger partial charge in [0.25, 0.3) is 0 Å². The number of furan rings is 1. The molecule has 100 valence electrons. The van der Waals surface area contributed by atoms with E-state index in [1.54, 1.807) is 6.26 Å². The first-order chi connectivity index (χ1) is 9.34. The number of benzene rings is 1. The maximum atomic E-state index is 5.63. The average Bonchev–Trinajstić information content (AvgIpc) is 3.09. The summed E-state index contributed by atoms with van der Waals surface area (Å²) < 4.78 is 5.63. The van der Waals surface area contributed by atoms with Crippen LogP contribution in [0.25, 0.3) is 0 Å². The normalized spacial score (nSPS) is 24.5. The molecule has 0 aliphatic carbocycles. The quantitative estimate of drug-likeness (QED) is 0.916. The third-order valence-electron chi connectivity index (χ3n) is 3.72. The van der Waals surface area contributed by atoms with Crippen LogP contribution in [0.15, 0.2) is 53.1 Å². The molecule has 1 aromatic heterocycles. The molecular weight excluding hydrogens is 254 g/mol. The molecule has 19 heavy (non-hydrogen) atoms. The van der Waals surface area contributed by atoms with E-state index >= 15 is 0 Å². The fraction of sp³-hybridized carbons (Fsp3) is 0.375. The predicted molar refractivity (Wildman–Crippen MR) is 80.5 cm³/mol. The highest BCUT2D eigenvalue weighted by Gasteiger charge is 2.28. The van der Waals surface area contributed by atoms with Gasteiger partial charge in [-0.2, -0.15) is 11.8 Å². The maximum absolute atomic E-state index is 5.63. The van der Waals surface area contributed by atoms with Crippen molar-refractivity contribution in [1.29, 1.82) is 0 Å². The van der Waals surface area contributed by atoms with E-state index in [2.05, 4.69) is 48.6 Å². The van der Waals surface area contributed by atoms with E-state index in [-0.39, 0.29) is 6.04 Å². The molecule has 3 atom stereocenters. The third kappa shape index (κ3) is 2.88. The molecule has 2 heterocycles. The van der Waals surface area contributed by atoms with E-state index in [4.69, 9.17) is 4.42 Å². The minimum atomic E-state index is 0.155. The maximum Gasteiger partial charge on any atom is 0.125 e. The second kappa shape index (κ2) is 5.85. The summed E-state index contributed by atoms with van der Waals surface area (Å²) in [5, 5.41) is 4.44. The SMILES string of the molecule is CC1SCCC1NC(c1ccccc1)c1ccco1. The number of hydrogen-bond acceptors (Lipinski definition) is 3. The molecule has 1 fully saturated rings. The smallest absolute Gasteiger partial charge is 0.125 e. The van der Waals surface area contributed by atoms with Gasteiger partial charge in [0, 0.05) is 11.3 Å². The third-order valence-corrected chi connectivity index (χ3v) is 5.04. The van der Waals surface area contributed by atoms with Crippen molar-refractivity contribution in [3.63, 3.8) is 0 Å². The molecular formula is C16H19NOS. The summed E-state index contributed by atoms with van der Waals surface area (Å²) >= 11 is 2.05. The molecule has 2 aromatic rings. The molecule has 0 spiro atoms. The van der Waals surface area contributed by atoms with Crippen molar-refractivity contribution in [3.8, 4) is 0 Å². The Hall–Kier alpha value is -1.19. The molecule has 1 N–H and O–H groups in total. The Balaban J connectivity index is 1.85. The molecule has 0 saturated carbocycles. The lowest BCUT2D eigenvalue weighted by atomic mass is 10.0. The van der Waals surface area contributed by atoms with E-state index in [0.717, 1.165) is 5.76 Å². The lowest BCUT2D eigenvalue weighted by Crippen LogP contribution is -2.36. The van der Waals surface area contributed by atoms with Crippen LogP contribution >= 0.6 is 11.8 Å². The summed E-state index contributed by atoms with van der Waals surface area (Å²) in [6.45, 7) is 2.31. The highest BCUT2D eigenvalue weighted by atomic mass is 32.2. The van der Waals surface area contributed by atoms with Gasteiger partial charge >= 0.3 is 0 Å². The van der Waals surface area contributed by atoms with Crippen molar-refractivity contribution in [3.05, 3.63) is 60.1 Å². The van der Waals surface area contributed by atoms with Crippen LogP contribution in [0, 0.1) is 0 Å². The molecule has 3 heteroatoms. The van der Waals surface area contributed by atoms with Crippen LogP contribution in [0.1, 0.15) is 30.7 Å². The predicted octanol–water partition coefficient (Wildman–Crippen LogP) is 3.85. The summed E-state index contributed by atoms with van der Waals surface area (Å²) in [7, 11) is 0. The first-order valence-corrected chi connectivity index (χ1v) is 7.85. The Labute approximate surface area is 118 Å². The molecule has 0 amide bonds. The number of thioether (sulfide) groups is 1. The van der Waals surface area contributed by atoms with Crippen molar-refractivity contribution in [2.24, 2.45) is 0 Å². The minimum absolute atomic E-state index is 0.155. The summed E-state index contributed by atoms with van der Waals surface area (Å²) in [6, 6.07) is 15.3. The zero-order valence-electron chi connectivity index (χ0n) is 11.1. The lowest BCUT2D eigenvalue weighted by Gasteiger charge is -2.24. The summed E-state index contributed by atoms with van der Waals surface area (Å²) in [5.41, 5.74) is 1.27. The van der Waals surface area contributed by atoms with Crippen molar-refractivity contribution in [2.75, 3.05) is 5.75 Å². The van der Waals surface area contributed by atoms with Gasteiger partial charge in [0.2, 0.25) is 0 Å². The monoisotopic (exact) mass is 273 g/mol. The highest BCUT2D eigenvalue weighted by Crippen LogP contribution is 2.30. The Bertz CT molecular complexity index is 497. The first kappa shape index (κ1) is 12.8. The number of hydrogen-bond donors (Lipinski definition) is 1. The largest absolute Gasteiger partial charge is 0.467 e. The average molecular weight is 273 g/mol. The molecule has 0 bridgehead atoms. The molecule has 1 saturated heterocycles. The number of rotatable bonds is 4. The van der Waals surface area contributed by atoms with Crippen LogP contribution in [-0.4, -0.2) is 17.0 Å². The summed E-state index contributed by atoms with van der Waals surface area (Å²) in [5.74, 6) is 2.24. The van der Waals surface area contributed by atoms with E-state index in [0.29, 0.717) is 11.3 Å². The van der Waals surface area contributed by atoms with Gasteiger partial charge in [-0.1, -0.05) is 37.3 Å².